The molecule has 0 radical (unpaired) electrons. The second kappa shape index (κ2) is 5.62. The van der Waals surface area contributed by atoms with Gasteiger partial charge in [-0.2, -0.15) is 0 Å². The molecule has 2 atom stereocenters. The summed E-state index contributed by atoms with van der Waals surface area (Å²) >= 11 is 1.87. The fourth-order valence-corrected chi connectivity index (χ4v) is 2.70. The molecule has 1 aromatic rings. The quantitative estimate of drug-likeness (QED) is 0.872. The minimum atomic E-state index is 0.357. The number of nitrogens with one attached hydrogen (secondary N) is 1. The van der Waals surface area contributed by atoms with Crippen LogP contribution >= 0.6 is 11.3 Å². The smallest absolute Gasteiger partial charge is 0.0656 e. The van der Waals surface area contributed by atoms with E-state index in [1.165, 1.54) is 9.75 Å². The molecule has 0 aliphatic carbocycles. The predicted molar refractivity (Wildman–Crippen MR) is 69.9 cm³/mol. The molecule has 0 spiro atoms. The topological polar surface area (TPSA) is 21.3 Å². The van der Waals surface area contributed by atoms with E-state index >= 15 is 0 Å². The Morgan fingerprint density at radius 3 is 3.06 bits per heavy atom. The van der Waals surface area contributed by atoms with Crippen molar-refractivity contribution in [3.8, 4) is 0 Å². The summed E-state index contributed by atoms with van der Waals surface area (Å²) in [4.78, 5) is 2.78. The molecular weight excluding hydrogens is 218 g/mol. The molecule has 1 N–H and O–H groups in total. The molecule has 1 aliphatic rings. The standard InChI is InChI=1S/C13H19NOS/c1-3-12-6-7-13(16-12)5-4-11-9-15-8-10(2)14-11/h4-7,10-11,14H,3,8-9H2,1-2H3/b5-4+. The van der Waals surface area contributed by atoms with Gasteiger partial charge < -0.3 is 10.1 Å². The van der Waals surface area contributed by atoms with E-state index in [2.05, 4.69) is 43.4 Å². The maximum atomic E-state index is 5.50. The van der Waals surface area contributed by atoms with Crippen molar-refractivity contribution in [3.05, 3.63) is 28.0 Å². The zero-order valence-corrected chi connectivity index (χ0v) is 10.7. The molecule has 88 valence electrons. The Kier molecular flexibility index (Phi) is 4.16. The molecule has 1 aliphatic heterocycles. The molecular formula is C13H19NOS. The minimum Gasteiger partial charge on any atom is -0.378 e. The van der Waals surface area contributed by atoms with Crippen molar-refractivity contribution in [1.82, 2.24) is 5.32 Å². The van der Waals surface area contributed by atoms with Gasteiger partial charge in [-0.3, -0.25) is 0 Å². The van der Waals surface area contributed by atoms with Crippen molar-refractivity contribution >= 4 is 17.4 Å². The largest absolute Gasteiger partial charge is 0.378 e. The summed E-state index contributed by atoms with van der Waals surface area (Å²) in [5, 5.41) is 3.50. The first kappa shape index (κ1) is 11.8. The first-order valence-electron chi connectivity index (χ1n) is 5.88. The number of morpholine rings is 1. The average molecular weight is 237 g/mol. The van der Waals surface area contributed by atoms with Gasteiger partial charge in [-0.15, -0.1) is 11.3 Å². The zero-order valence-electron chi connectivity index (χ0n) is 9.90. The molecule has 2 rings (SSSR count). The summed E-state index contributed by atoms with van der Waals surface area (Å²) in [5.41, 5.74) is 0. The Morgan fingerprint density at radius 2 is 2.38 bits per heavy atom. The SMILES string of the molecule is CCc1ccc(/C=C/C2COCC(C)N2)s1. The molecule has 2 unspecified atom stereocenters. The van der Waals surface area contributed by atoms with Crippen molar-refractivity contribution in [2.75, 3.05) is 13.2 Å². The molecule has 0 amide bonds. The second-order valence-corrected chi connectivity index (χ2v) is 5.43. The zero-order chi connectivity index (χ0) is 11.4. The molecule has 0 saturated carbocycles. The van der Waals surface area contributed by atoms with Crippen molar-refractivity contribution in [2.24, 2.45) is 0 Å². The number of hydrogen-bond acceptors (Lipinski definition) is 3. The predicted octanol–water partition coefficient (Wildman–Crippen LogP) is 2.70. The highest BCUT2D eigenvalue weighted by atomic mass is 32.1. The Morgan fingerprint density at radius 1 is 1.50 bits per heavy atom. The molecule has 3 heteroatoms. The maximum Gasteiger partial charge on any atom is 0.0656 e. The summed E-state index contributed by atoms with van der Waals surface area (Å²) in [5.74, 6) is 0. The number of ether oxygens (including phenoxy) is 1. The Balaban J connectivity index is 1.92. The van der Waals surface area contributed by atoms with Gasteiger partial charge in [0.2, 0.25) is 0 Å². The van der Waals surface area contributed by atoms with Gasteiger partial charge in [-0.1, -0.05) is 13.0 Å². The van der Waals surface area contributed by atoms with E-state index < -0.39 is 0 Å². The number of hydrogen-bond donors (Lipinski definition) is 1. The van der Waals surface area contributed by atoms with Crippen LogP contribution in [0.5, 0.6) is 0 Å². The Labute approximate surface area is 101 Å². The number of aryl methyl sites for hydroxylation is 1. The lowest BCUT2D eigenvalue weighted by Crippen LogP contribution is -2.46. The van der Waals surface area contributed by atoms with Crippen LogP contribution in [0.3, 0.4) is 0 Å². The third kappa shape index (κ3) is 3.17. The van der Waals surface area contributed by atoms with Gasteiger partial charge in [-0.25, -0.2) is 0 Å². The van der Waals surface area contributed by atoms with Gasteiger partial charge >= 0.3 is 0 Å². The number of thiophene rings is 1. The average Bonchev–Trinajstić information content (AvgIpc) is 2.74. The summed E-state index contributed by atoms with van der Waals surface area (Å²) in [6.07, 6.45) is 5.53. The third-order valence-electron chi connectivity index (χ3n) is 2.69. The summed E-state index contributed by atoms with van der Waals surface area (Å²) in [6.45, 7) is 5.95. The molecule has 2 nitrogen and oxygen atoms in total. The summed E-state index contributed by atoms with van der Waals surface area (Å²) in [6, 6.07) is 5.21. The van der Waals surface area contributed by atoms with Crippen molar-refractivity contribution in [3.63, 3.8) is 0 Å². The molecule has 1 saturated heterocycles. The second-order valence-electron chi connectivity index (χ2n) is 4.23. The van der Waals surface area contributed by atoms with Crippen LogP contribution in [0.25, 0.3) is 6.08 Å². The van der Waals surface area contributed by atoms with Gasteiger partial charge in [0.05, 0.1) is 13.2 Å². The lowest BCUT2D eigenvalue weighted by atomic mass is 10.2. The monoisotopic (exact) mass is 237 g/mol. The highest BCUT2D eigenvalue weighted by Gasteiger charge is 2.15. The first-order chi connectivity index (χ1) is 7.78. The van der Waals surface area contributed by atoms with E-state index in [-0.39, 0.29) is 0 Å². The van der Waals surface area contributed by atoms with E-state index in [0.29, 0.717) is 12.1 Å². The van der Waals surface area contributed by atoms with E-state index in [1.54, 1.807) is 0 Å². The highest BCUT2D eigenvalue weighted by molar-refractivity contribution is 7.12. The summed E-state index contributed by atoms with van der Waals surface area (Å²) in [7, 11) is 0. The van der Waals surface area contributed by atoms with Gasteiger partial charge in [0.1, 0.15) is 0 Å². The molecule has 0 aromatic carbocycles. The fourth-order valence-electron chi connectivity index (χ4n) is 1.83. The highest BCUT2D eigenvalue weighted by Crippen LogP contribution is 2.18. The van der Waals surface area contributed by atoms with Gasteiger partial charge in [0, 0.05) is 21.8 Å². The van der Waals surface area contributed by atoms with E-state index in [1.807, 2.05) is 11.3 Å². The Hall–Kier alpha value is -0.640. The van der Waals surface area contributed by atoms with Crippen LogP contribution in [0.15, 0.2) is 18.2 Å². The van der Waals surface area contributed by atoms with Gasteiger partial charge in [-0.05, 0) is 31.6 Å². The van der Waals surface area contributed by atoms with E-state index in [4.69, 9.17) is 4.74 Å². The molecule has 0 bridgehead atoms. The fraction of sp³-hybridized carbons (Fsp3) is 0.538. The molecule has 1 aromatic heterocycles. The maximum absolute atomic E-state index is 5.50. The first-order valence-corrected chi connectivity index (χ1v) is 6.70. The van der Waals surface area contributed by atoms with Crippen LogP contribution in [-0.2, 0) is 11.2 Å². The molecule has 16 heavy (non-hydrogen) atoms. The normalized spacial score (nSPS) is 26.4. The van der Waals surface area contributed by atoms with E-state index in [0.717, 1.165) is 19.6 Å². The Bertz CT molecular complexity index is 359. The minimum absolute atomic E-state index is 0.357. The van der Waals surface area contributed by atoms with Crippen molar-refractivity contribution in [2.45, 2.75) is 32.4 Å². The lowest BCUT2D eigenvalue weighted by Gasteiger charge is -2.26. The number of rotatable bonds is 3. The van der Waals surface area contributed by atoms with Gasteiger partial charge in [0.15, 0.2) is 0 Å². The lowest BCUT2D eigenvalue weighted by molar-refractivity contribution is 0.0637. The van der Waals surface area contributed by atoms with Crippen LogP contribution in [0.1, 0.15) is 23.6 Å². The summed E-state index contributed by atoms with van der Waals surface area (Å²) < 4.78 is 5.50. The van der Waals surface area contributed by atoms with Crippen molar-refractivity contribution in [1.29, 1.82) is 0 Å². The van der Waals surface area contributed by atoms with Crippen LogP contribution in [0.4, 0.5) is 0 Å². The van der Waals surface area contributed by atoms with Gasteiger partial charge in [0.25, 0.3) is 0 Å². The van der Waals surface area contributed by atoms with Crippen LogP contribution < -0.4 is 5.32 Å². The molecule has 2 heterocycles. The molecule has 1 fully saturated rings. The van der Waals surface area contributed by atoms with Crippen molar-refractivity contribution < 1.29 is 4.74 Å². The third-order valence-corrected chi connectivity index (χ3v) is 3.88. The van der Waals surface area contributed by atoms with E-state index in [9.17, 15) is 0 Å². The van der Waals surface area contributed by atoms with Crippen LogP contribution in [0.2, 0.25) is 0 Å². The van der Waals surface area contributed by atoms with Crippen LogP contribution in [-0.4, -0.2) is 25.3 Å². The van der Waals surface area contributed by atoms with Crippen LogP contribution in [0, 0.1) is 0 Å².